The molecular formula is C19H21FN2O2S. The summed E-state index contributed by atoms with van der Waals surface area (Å²) in [4.78, 5) is 28.4. The third-order valence-corrected chi connectivity index (χ3v) is 5.47. The Labute approximate surface area is 150 Å². The Morgan fingerprint density at radius 3 is 2.44 bits per heavy atom. The number of nitrogens with one attached hydrogen (secondary N) is 1. The van der Waals surface area contributed by atoms with Crippen molar-refractivity contribution in [2.45, 2.75) is 26.3 Å². The molecule has 1 aliphatic heterocycles. The van der Waals surface area contributed by atoms with E-state index in [2.05, 4.69) is 5.32 Å². The van der Waals surface area contributed by atoms with Gasteiger partial charge in [0, 0.05) is 30.4 Å². The Kier molecular flexibility index (Phi) is 5.48. The van der Waals surface area contributed by atoms with E-state index in [-0.39, 0.29) is 23.5 Å². The van der Waals surface area contributed by atoms with Gasteiger partial charge in [0.05, 0.1) is 4.88 Å². The van der Waals surface area contributed by atoms with Gasteiger partial charge in [0.25, 0.3) is 5.91 Å². The molecule has 132 valence electrons. The molecule has 6 heteroatoms. The highest BCUT2D eigenvalue weighted by atomic mass is 32.1. The molecule has 1 fully saturated rings. The summed E-state index contributed by atoms with van der Waals surface area (Å²) in [6.45, 7) is 3.58. The number of likely N-dealkylation sites (tertiary alicyclic amines) is 1. The maximum absolute atomic E-state index is 12.9. The standard InChI is InChI=1S/C19H21FN2O2S/c1-13-2-7-17(25-13)19(24)22-10-8-15(9-11-22)18(23)21-12-14-3-5-16(20)6-4-14/h2-7,15H,8-12H2,1H3,(H,21,23). The second kappa shape index (κ2) is 7.78. The first-order chi connectivity index (χ1) is 12.0. The first-order valence-corrected chi connectivity index (χ1v) is 9.22. The highest BCUT2D eigenvalue weighted by molar-refractivity contribution is 7.13. The predicted octanol–water partition coefficient (Wildman–Crippen LogP) is 3.36. The van der Waals surface area contributed by atoms with E-state index >= 15 is 0 Å². The van der Waals surface area contributed by atoms with Gasteiger partial charge in [0.15, 0.2) is 0 Å². The lowest BCUT2D eigenvalue weighted by atomic mass is 9.95. The van der Waals surface area contributed by atoms with Gasteiger partial charge in [-0.2, -0.15) is 0 Å². The fourth-order valence-corrected chi connectivity index (χ4v) is 3.82. The number of benzene rings is 1. The number of piperidine rings is 1. The lowest BCUT2D eigenvalue weighted by molar-refractivity contribution is -0.126. The quantitative estimate of drug-likeness (QED) is 0.909. The Hall–Kier alpha value is -2.21. The first kappa shape index (κ1) is 17.6. The van der Waals surface area contributed by atoms with E-state index in [1.165, 1.54) is 23.5 Å². The van der Waals surface area contributed by atoms with Crippen LogP contribution in [0.25, 0.3) is 0 Å². The molecule has 4 nitrogen and oxygen atoms in total. The van der Waals surface area contributed by atoms with E-state index < -0.39 is 0 Å². The van der Waals surface area contributed by atoms with Gasteiger partial charge < -0.3 is 10.2 Å². The monoisotopic (exact) mass is 360 g/mol. The third kappa shape index (κ3) is 4.45. The van der Waals surface area contributed by atoms with Crippen LogP contribution in [0.5, 0.6) is 0 Å². The number of rotatable bonds is 4. The summed E-state index contributed by atoms with van der Waals surface area (Å²) in [7, 11) is 0. The lowest BCUT2D eigenvalue weighted by Crippen LogP contribution is -2.42. The van der Waals surface area contributed by atoms with Crippen LogP contribution in [0.4, 0.5) is 4.39 Å². The molecule has 0 saturated carbocycles. The van der Waals surface area contributed by atoms with E-state index in [0.29, 0.717) is 32.5 Å². The van der Waals surface area contributed by atoms with Gasteiger partial charge in [-0.25, -0.2) is 4.39 Å². The van der Waals surface area contributed by atoms with Gasteiger partial charge in [0.1, 0.15) is 5.82 Å². The van der Waals surface area contributed by atoms with Crippen molar-refractivity contribution in [1.29, 1.82) is 0 Å². The molecule has 0 spiro atoms. The number of nitrogens with zero attached hydrogens (tertiary/aromatic N) is 1. The Morgan fingerprint density at radius 1 is 1.16 bits per heavy atom. The highest BCUT2D eigenvalue weighted by Crippen LogP contribution is 2.22. The smallest absolute Gasteiger partial charge is 0.263 e. The molecule has 0 radical (unpaired) electrons. The van der Waals surface area contributed by atoms with Gasteiger partial charge in [-0.15, -0.1) is 11.3 Å². The fourth-order valence-electron chi connectivity index (χ4n) is 2.99. The molecule has 3 rings (SSSR count). The largest absolute Gasteiger partial charge is 0.352 e. The molecular weight excluding hydrogens is 339 g/mol. The maximum Gasteiger partial charge on any atom is 0.263 e. The first-order valence-electron chi connectivity index (χ1n) is 8.41. The summed E-state index contributed by atoms with van der Waals surface area (Å²) in [5.41, 5.74) is 0.871. The summed E-state index contributed by atoms with van der Waals surface area (Å²) in [5.74, 6) is -0.297. The average Bonchev–Trinajstić information content (AvgIpc) is 3.07. The second-order valence-electron chi connectivity index (χ2n) is 6.32. The van der Waals surface area contributed by atoms with Crippen molar-refractivity contribution in [3.63, 3.8) is 0 Å². The third-order valence-electron chi connectivity index (χ3n) is 4.48. The number of carbonyl (C=O) groups excluding carboxylic acids is 2. The van der Waals surface area contributed by atoms with Crippen molar-refractivity contribution < 1.29 is 14.0 Å². The molecule has 2 heterocycles. The molecule has 1 aliphatic rings. The number of thiophene rings is 1. The van der Waals surface area contributed by atoms with Crippen molar-refractivity contribution in [2.75, 3.05) is 13.1 Å². The van der Waals surface area contributed by atoms with Gasteiger partial charge >= 0.3 is 0 Å². The van der Waals surface area contributed by atoms with Gasteiger partial charge in [-0.1, -0.05) is 12.1 Å². The number of amides is 2. The van der Waals surface area contributed by atoms with E-state index in [9.17, 15) is 14.0 Å². The number of halogens is 1. The number of hydrogen-bond acceptors (Lipinski definition) is 3. The zero-order valence-electron chi connectivity index (χ0n) is 14.1. The maximum atomic E-state index is 12.9. The van der Waals surface area contributed by atoms with Gasteiger partial charge in [-0.05, 0) is 49.6 Å². The number of aryl methyl sites for hydroxylation is 1. The molecule has 1 aromatic heterocycles. The van der Waals surface area contributed by atoms with Crippen LogP contribution in [0.15, 0.2) is 36.4 Å². The molecule has 1 saturated heterocycles. The molecule has 0 bridgehead atoms. The van der Waals surface area contributed by atoms with E-state index in [0.717, 1.165) is 15.3 Å². The topological polar surface area (TPSA) is 49.4 Å². The molecule has 25 heavy (non-hydrogen) atoms. The van der Waals surface area contributed by atoms with Crippen LogP contribution in [0, 0.1) is 18.7 Å². The van der Waals surface area contributed by atoms with Crippen LogP contribution in [0.1, 0.15) is 33.0 Å². The molecule has 1 aromatic carbocycles. The van der Waals surface area contributed by atoms with Crippen molar-refractivity contribution in [1.82, 2.24) is 10.2 Å². The summed E-state index contributed by atoms with van der Waals surface area (Å²) in [5, 5.41) is 2.90. The molecule has 0 aliphatic carbocycles. The van der Waals surface area contributed by atoms with Crippen LogP contribution in [0.3, 0.4) is 0 Å². The van der Waals surface area contributed by atoms with Crippen LogP contribution >= 0.6 is 11.3 Å². The van der Waals surface area contributed by atoms with Crippen molar-refractivity contribution in [3.8, 4) is 0 Å². The number of hydrogen-bond donors (Lipinski definition) is 1. The molecule has 0 unspecified atom stereocenters. The van der Waals surface area contributed by atoms with Crippen LogP contribution in [-0.2, 0) is 11.3 Å². The van der Waals surface area contributed by atoms with Crippen molar-refractivity contribution >= 4 is 23.2 Å². The molecule has 2 amide bonds. The van der Waals surface area contributed by atoms with E-state index in [1.807, 2.05) is 24.0 Å². The summed E-state index contributed by atoms with van der Waals surface area (Å²) in [6.07, 6.45) is 1.34. The summed E-state index contributed by atoms with van der Waals surface area (Å²) >= 11 is 1.51. The lowest BCUT2D eigenvalue weighted by Gasteiger charge is -2.31. The van der Waals surface area contributed by atoms with Gasteiger partial charge in [0.2, 0.25) is 5.91 Å². The van der Waals surface area contributed by atoms with Crippen LogP contribution < -0.4 is 5.32 Å². The summed E-state index contributed by atoms with van der Waals surface area (Å²) in [6, 6.07) is 9.92. The van der Waals surface area contributed by atoms with Gasteiger partial charge in [-0.3, -0.25) is 9.59 Å². The van der Waals surface area contributed by atoms with Crippen molar-refractivity contribution in [2.24, 2.45) is 5.92 Å². The molecule has 0 atom stereocenters. The zero-order chi connectivity index (χ0) is 17.8. The number of carbonyl (C=O) groups is 2. The Morgan fingerprint density at radius 2 is 1.84 bits per heavy atom. The second-order valence-corrected chi connectivity index (χ2v) is 7.61. The van der Waals surface area contributed by atoms with E-state index in [1.54, 1.807) is 12.1 Å². The zero-order valence-corrected chi connectivity index (χ0v) is 14.9. The minimum atomic E-state index is -0.284. The molecule has 1 N–H and O–H groups in total. The normalized spacial score (nSPS) is 15.2. The fraction of sp³-hybridized carbons (Fsp3) is 0.368. The summed E-state index contributed by atoms with van der Waals surface area (Å²) < 4.78 is 12.9. The predicted molar refractivity (Wildman–Crippen MR) is 95.9 cm³/mol. The average molecular weight is 360 g/mol. The van der Waals surface area contributed by atoms with Crippen LogP contribution in [-0.4, -0.2) is 29.8 Å². The highest BCUT2D eigenvalue weighted by Gasteiger charge is 2.28. The minimum Gasteiger partial charge on any atom is -0.352 e. The van der Waals surface area contributed by atoms with E-state index in [4.69, 9.17) is 0 Å². The Balaban J connectivity index is 1.47. The Bertz CT molecular complexity index is 749. The minimum absolute atomic E-state index is 0.00314. The van der Waals surface area contributed by atoms with Crippen LogP contribution in [0.2, 0.25) is 0 Å². The molecule has 2 aromatic rings. The SMILES string of the molecule is Cc1ccc(C(=O)N2CCC(C(=O)NCc3ccc(F)cc3)CC2)s1. The van der Waals surface area contributed by atoms with Crippen molar-refractivity contribution in [3.05, 3.63) is 57.5 Å².